The van der Waals surface area contributed by atoms with E-state index in [0.717, 1.165) is 12.8 Å². The number of carbonyl (C=O) groups excluding carboxylic acids is 1. The molecule has 0 aliphatic carbocycles. The molecule has 166 valence electrons. The number of aliphatic hydroxyl groups is 2. The van der Waals surface area contributed by atoms with Crippen molar-refractivity contribution in [1.82, 2.24) is 4.90 Å². The minimum Gasteiger partial charge on any atom is -0.479 e. The number of carboxylic acid groups (broad SMARTS) is 2. The van der Waals surface area contributed by atoms with Gasteiger partial charge in [-0.25, -0.2) is 9.59 Å². The lowest BCUT2D eigenvalue weighted by molar-refractivity contribution is -0.165. The summed E-state index contributed by atoms with van der Waals surface area (Å²) >= 11 is 2.32. The van der Waals surface area contributed by atoms with E-state index in [1.165, 1.54) is 22.7 Å². The zero-order chi connectivity index (χ0) is 22.6. The average molecular weight is 535 g/mol. The van der Waals surface area contributed by atoms with Crippen LogP contribution in [0.25, 0.3) is 0 Å². The van der Waals surface area contributed by atoms with E-state index in [1.54, 1.807) is 0 Å². The molecule has 2 aliphatic heterocycles. The molecule has 0 aromatic heterocycles. The normalized spacial score (nSPS) is 27.4. The first kappa shape index (κ1) is 24.5. The Morgan fingerprint density at radius 2 is 1.60 bits per heavy atom. The summed E-state index contributed by atoms with van der Waals surface area (Å²) in [4.78, 5) is 34.2. The number of fused-ring (bicyclic) bond motifs is 2. The molecule has 2 aliphatic rings. The Kier molecular flexibility index (Phi) is 8.59. The molecule has 1 aromatic rings. The van der Waals surface area contributed by atoms with Gasteiger partial charge in [0.25, 0.3) is 0 Å². The Morgan fingerprint density at radius 1 is 1.07 bits per heavy atom. The first-order valence-corrected chi connectivity index (χ1v) is 10.5. The number of piperidine rings is 1. The van der Waals surface area contributed by atoms with Crippen molar-refractivity contribution in [2.45, 2.75) is 49.5 Å². The molecule has 2 bridgehead atoms. The predicted octanol–water partition coefficient (Wildman–Crippen LogP) is 0.908. The van der Waals surface area contributed by atoms with Crippen LogP contribution >= 0.6 is 22.6 Å². The van der Waals surface area contributed by atoms with Crippen LogP contribution in [0.1, 0.15) is 30.7 Å². The van der Waals surface area contributed by atoms with Crippen molar-refractivity contribution >= 4 is 40.5 Å². The highest BCUT2D eigenvalue weighted by Gasteiger charge is 2.49. The maximum Gasteiger partial charge on any atom is 0.335 e. The Bertz CT molecular complexity index is 753. The van der Waals surface area contributed by atoms with Crippen LogP contribution in [0.15, 0.2) is 24.3 Å². The van der Waals surface area contributed by atoms with Crippen molar-refractivity contribution in [2.75, 3.05) is 14.2 Å². The van der Waals surface area contributed by atoms with E-state index < -0.39 is 24.1 Å². The van der Waals surface area contributed by atoms with Crippen molar-refractivity contribution in [1.29, 1.82) is 0 Å². The monoisotopic (exact) mass is 535 g/mol. The molecular formula is C20H26INO8. The van der Waals surface area contributed by atoms with E-state index in [9.17, 15) is 14.4 Å². The van der Waals surface area contributed by atoms with Crippen LogP contribution in [0.4, 0.5) is 0 Å². The summed E-state index contributed by atoms with van der Waals surface area (Å²) < 4.78 is 6.33. The number of carboxylic acids is 2. The van der Waals surface area contributed by atoms with Crippen LogP contribution < -0.4 is 0 Å². The minimum atomic E-state index is -2.27. The van der Waals surface area contributed by atoms with Crippen molar-refractivity contribution in [2.24, 2.45) is 5.92 Å². The molecule has 5 unspecified atom stereocenters. The van der Waals surface area contributed by atoms with Crippen LogP contribution in [0.2, 0.25) is 0 Å². The highest BCUT2D eigenvalue weighted by Crippen LogP contribution is 2.46. The number of rotatable bonds is 5. The third-order valence-electron chi connectivity index (χ3n) is 5.85. The van der Waals surface area contributed by atoms with Crippen LogP contribution in [0.5, 0.6) is 0 Å². The van der Waals surface area contributed by atoms with Gasteiger partial charge in [-0.15, -0.1) is 0 Å². The molecule has 9 nitrogen and oxygen atoms in total. The summed E-state index contributed by atoms with van der Waals surface area (Å²) in [6.07, 6.45) is -1.15. The Labute approximate surface area is 187 Å². The quantitative estimate of drug-likeness (QED) is 0.320. The number of aliphatic hydroxyl groups excluding tert-OH is 2. The van der Waals surface area contributed by atoms with Crippen LogP contribution in [-0.2, 0) is 19.1 Å². The van der Waals surface area contributed by atoms with E-state index in [0.29, 0.717) is 18.0 Å². The molecule has 0 amide bonds. The Hall–Kier alpha value is -1.76. The largest absolute Gasteiger partial charge is 0.479 e. The molecule has 1 aromatic carbocycles. The van der Waals surface area contributed by atoms with Gasteiger partial charge in [-0.1, -0.05) is 12.1 Å². The molecule has 0 saturated carbocycles. The van der Waals surface area contributed by atoms with Gasteiger partial charge in [-0.2, -0.15) is 0 Å². The van der Waals surface area contributed by atoms with Crippen LogP contribution in [0, 0.1) is 9.49 Å². The topological polar surface area (TPSA) is 145 Å². The molecule has 10 heteroatoms. The summed E-state index contributed by atoms with van der Waals surface area (Å²) in [7, 11) is 3.66. The van der Waals surface area contributed by atoms with Gasteiger partial charge in [0.2, 0.25) is 0 Å². The van der Waals surface area contributed by atoms with Crippen LogP contribution in [0.3, 0.4) is 0 Å². The Morgan fingerprint density at radius 3 is 2.07 bits per heavy atom. The number of aliphatic carboxylic acids is 2. The standard InChI is InChI=1S/C16H20INO2.C4H6O6/c1-18-12-7-8-14(18)15(16(19)20-2)13(9-12)10-3-5-11(17)6-4-10;5-1(3(7)8)2(6)4(9)10/h3-6,12-15H,7-9H2,1-2H3;1-2,5-6H,(H,7,8)(H,9,10)/t12?,13?,14?,15-;/m0./s1. The number of methoxy groups -OCH3 is 1. The van der Waals surface area contributed by atoms with Crippen molar-refractivity contribution in [3.63, 3.8) is 0 Å². The van der Waals surface area contributed by atoms with Gasteiger partial charge in [0, 0.05) is 21.6 Å². The number of hydrogen-bond donors (Lipinski definition) is 4. The molecule has 30 heavy (non-hydrogen) atoms. The molecular weight excluding hydrogens is 509 g/mol. The maximum absolute atomic E-state index is 12.3. The smallest absolute Gasteiger partial charge is 0.335 e. The second-order valence-corrected chi connectivity index (χ2v) is 8.72. The summed E-state index contributed by atoms with van der Waals surface area (Å²) in [5, 5.41) is 32.5. The van der Waals surface area contributed by atoms with E-state index in [2.05, 4.69) is 58.8 Å². The van der Waals surface area contributed by atoms with E-state index in [4.69, 9.17) is 25.2 Å². The van der Waals surface area contributed by atoms with Gasteiger partial charge in [-0.3, -0.25) is 9.69 Å². The molecule has 3 rings (SSSR count). The predicted molar refractivity (Wildman–Crippen MR) is 114 cm³/mol. The number of carbonyl (C=O) groups is 3. The van der Waals surface area contributed by atoms with Gasteiger partial charge in [0.1, 0.15) is 0 Å². The molecule has 2 heterocycles. The second kappa shape index (κ2) is 10.5. The third kappa shape index (κ3) is 5.48. The van der Waals surface area contributed by atoms with Crippen molar-refractivity contribution < 1.29 is 39.5 Å². The second-order valence-electron chi connectivity index (χ2n) is 7.47. The first-order chi connectivity index (χ1) is 14.1. The Balaban J connectivity index is 0.000000274. The summed E-state index contributed by atoms with van der Waals surface area (Å²) in [5.41, 5.74) is 1.28. The zero-order valence-electron chi connectivity index (χ0n) is 16.6. The number of hydrogen-bond acceptors (Lipinski definition) is 7. The van der Waals surface area contributed by atoms with Gasteiger partial charge >= 0.3 is 17.9 Å². The average Bonchev–Trinajstić information content (AvgIpc) is 2.95. The number of halogens is 1. The van der Waals surface area contributed by atoms with Gasteiger partial charge in [-0.05, 0) is 66.6 Å². The molecule has 2 fully saturated rings. The lowest BCUT2D eigenvalue weighted by Gasteiger charge is -2.41. The van der Waals surface area contributed by atoms with Crippen LogP contribution in [-0.4, -0.2) is 81.7 Å². The fourth-order valence-electron chi connectivity index (χ4n) is 4.25. The maximum atomic E-state index is 12.3. The van der Waals surface area contributed by atoms with Gasteiger partial charge < -0.3 is 25.2 Å². The number of nitrogens with zero attached hydrogens (tertiary/aromatic N) is 1. The third-order valence-corrected chi connectivity index (χ3v) is 6.56. The van der Waals surface area contributed by atoms with E-state index >= 15 is 0 Å². The number of esters is 1. The van der Waals surface area contributed by atoms with E-state index in [1.807, 2.05) is 0 Å². The summed E-state index contributed by atoms with van der Waals surface area (Å²) in [6.45, 7) is 0. The molecule has 6 atom stereocenters. The highest BCUT2D eigenvalue weighted by molar-refractivity contribution is 14.1. The zero-order valence-corrected chi connectivity index (χ0v) is 18.8. The SMILES string of the molecule is COC(=O)[C@H]1C(c2ccc(I)cc2)CC2CCC1N2C.O=C(O)C(O)C(O)C(=O)O. The summed E-state index contributed by atoms with van der Waals surface area (Å²) in [5.74, 6) is -3.31. The number of ether oxygens (including phenoxy) is 1. The molecule has 4 N–H and O–H groups in total. The highest BCUT2D eigenvalue weighted by atomic mass is 127. The minimum absolute atomic E-state index is 0.0242. The number of benzene rings is 1. The van der Waals surface area contributed by atoms with Gasteiger partial charge in [0.15, 0.2) is 12.2 Å². The fraction of sp³-hybridized carbons (Fsp3) is 0.550. The fourth-order valence-corrected chi connectivity index (χ4v) is 4.61. The van der Waals surface area contributed by atoms with Crippen molar-refractivity contribution in [3.8, 4) is 0 Å². The summed E-state index contributed by atoms with van der Waals surface area (Å²) in [6, 6.07) is 9.56. The first-order valence-electron chi connectivity index (χ1n) is 9.45. The molecule has 2 saturated heterocycles. The van der Waals surface area contributed by atoms with Crippen molar-refractivity contribution in [3.05, 3.63) is 33.4 Å². The molecule has 0 radical (unpaired) electrons. The van der Waals surface area contributed by atoms with E-state index in [-0.39, 0.29) is 11.9 Å². The molecule has 0 spiro atoms. The lowest BCUT2D eigenvalue weighted by Crippen LogP contribution is -2.49. The van der Waals surface area contributed by atoms with Gasteiger partial charge in [0.05, 0.1) is 13.0 Å². The lowest BCUT2D eigenvalue weighted by atomic mass is 9.76.